The number of phenols is 2. The Labute approximate surface area is 175 Å². The van der Waals surface area contributed by atoms with Gasteiger partial charge in [-0.15, -0.1) is 0 Å². The van der Waals surface area contributed by atoms with Gasteiger partial charge in [0, 0.05) is 18.7 Å². The van der Waals surface area contributed by atoms with Gasteiger partial charge < -0.3 is 14.9 Å². The molecule has 1 aliphatic rings. The van der Waals surface area contributed by atoms with Gasteiger partial charge in [-0.2, -0.15) is 0 Å². The summed E-state index contributed by atoms with van der Waals surface area (Å²) in [6, 6.07) is 11.7. The van der Waals surface area contributed by atoms with Crippen LogP contribution < -0.4 is 0 Å². The fourth-order valence-corrected chi connectivity index (χ4v) is 4.10. The first-order valence-electron chi connectivity index (χ1n) is 10.5. The lowest BCUT2D eigenvalue weighted by Gasteiger charge is -2.37. The Morgan fingerprint density at radius 1 is 0.862 bits per heavy atom. The highest BCUT2D eigenvalue weighted by Crippen LogP contribution is 2.43. The molecule has 2 aromatic rings. The van der Waals surface area contributed by atoms with Crippen LogP contribution in [0.2, 0.25) is 0 Å². The second-order valence-corrected chi connectivity index (χ2v) is 10.1. The van der Waals surface area contributed by atoms with E-state index in [1.54, 1.807) is 6.07 Å². The van der Waals surface area contributed by atoms with E-state index in [1.165, 1.54) is 0 Å². The molecule has 29 heavy (non-hydrogen) atoms. The average Bonchev–Trinajstić information content (AvgIpc) is 2.63. The van der Waals surface area contributed by atoms with Crippen LogP contribution >= 0.6 is 0 Å². The van der Waals surface area contributed by atoms with E-state index in [9.17, 15) is 10.2 Å². The van der Waals surface area contributed by atoms with Crippen LogP contribution in [0.5, 0.6) is 11.5 Å². The maximum absolute atomic E-state index is 11.1. The van der Waals surface area contributed by atoms with Crippen LogP contribution in [0, 0.1) is 0 Å². The standard InChI is InChI=1S/C25H35NO3/c1-24(2,3)19-15-17(16-20(23(19)28)25(4,5)6)22(26-11-13-29-14-12-26)18-9-7-8-10-21(18)27/h7-10,15-16,22,27-28H,11-14H2,1-6H3/t22-/m1/s1. The van der Waals surface area contributed by atoms with E-state index in [0.29, 0.717) is 24.7 Å². The van der Waals surface area contributed by atoms with Crippen LogP contribution in [0.4, 0.5) is 0 Å². The summed E-state index contributed by atoms with van der Waals surface area (Å²) in [5.41, 5.74) is 3.46. The topological polar surface area (TPSA) is 52.9 Å². The van der Waals surface area contributed by atoms with E-state index in [1.807, 2.05) is 18.2 Å². The van der Waals surface area contributed by atoms with Gasteiger partial charge in [0.25, 0.3) is 0 Å². The predicted molar refractivity (Wildman–Crippen MR) is 118 cm³/mol. The molecule has 1 heterocycles. The molecule has 1 fully saturated rings. The van der Waals surface area contributed by atoms with Gasteiger partial charge in [-0.1, -0.05) is 59.7 Å². The number of para-hydroxylation sites is 1. The lowest BCUT2D eigenvalue weighted by atomic mass is 9.77. The first kappa shape index (κ1) is 21.7. The van der Waals surface area contributed by atoms with Crippen LogP contribution in [0.25, 0.3) is 0 Å². The normalized spacial score (nSPS) is 17.3. The van der Waals surface area contributed by atoms with Gasteiger partial charge >= 0.3 is 0 Å². The number of phenolic OH excluding ortho intramolecular Hbond substituents is 2. The van der Waals surface area contributed by atoms with Crippen molar-refractivity contribution in [2.24, 2.45) is 0 Å². The van der Waals surface area contributed by atoms with Crippen LogP contribution in [0.15, 0.2) is 36.4 Å². The van der Waals surface area contributed by atoms with Gasteiger partial charge in [0.05, 0.1) is 19.3 Å². The Morgan fingerprint density at radius 2 is 1.38 bits per heavy atom. The number of hydrogen-bond donors (Lipinski definition) is 2. The third kappa shape index (κ3) is 4.59. The molecule has 3 rings (SSSR count). The molecule has 2 aromatic carbocycles. The summed E-state index contributed by atoms with van der Waals surface area (Å²) in [4.78, 5) is 2.36. The number of aromatic hydroxyl groups is 2. The van der Waals surface area contributed by atoms with Crippen molar-refractivity contribution < 1.29 is 14.9 Å². The molecule has 0 unspecified atom stereocenters. The molecule has 4 heteroatoms. The minimum absolute atomic E-state index is 0.0945. The highest BCUT2D eigenvalue weighted by molar-refractivity contribution is 5.53. The molecular weight excluding hydrogens is 362 g/mol. The zero-order chi connectivity index (χ0) is 21.4. The number of rotatable bonds is 3. The molecular formula is C25H35NO3. The van der Waals surface area contributed by atoms with Crippen molar-refractivity contribution in [1.82, 2.24) is 4.90 Å². The summed E-state index contributed by atoms with van der Waals surface area (Å²) >= 11 is 0. The van der Waals surface area contributed by atoms with Crippen LogP contribution in [0.3, 0.4) is 0 Å². The Balaban J connectivity index is 2.26. The zero-order valence-corrected chi connectivity index (χ0v) is 18.6. The van der Waals surface area contributed by atoms with E-state index in [2.05, 4.69) is 58.6 Å². The Morgan fingerprint density at radius 3 is 1.86 bits per heavy atom. The predicted octanol–water partition coefficient (Wildman–Crippen LogP) is 5.11. The van der Waals surface area contributed by atoms with Crippen LogP contribution in [-0.4, -0.2) is 41.4 Å². The smallest absolute Gasteiger partial charge is 0.123 e. The third-order valence-electron chi connectivity index (χ3n) is 5.71. The van der Waals surface area contributed by atoms with Gasteiger partial charge in [-0.3, -0.25) is 4.90 Å². The van der Waals surface area contributed by atoms with Crippen molar-refractivity contribution in [3.8, 4) is 11.5 Å². The van der Waals surface area contributed by atoms with Gasteiger partial charge in [-0.25, -0.2) is 0 Å². The largest absolute Gasteiger partial charge is 0.508 e. The number of ether oxygens (including phenoxy) is 1. The van der Waals surface area contributed by atoms with E-state index in [-0.39, 0.29) is 16.9 Å². The summed E-state index contributed by atoms with van der Waals surface area (Å²) in [7, 11) is 0. The summed E-state index contributed by atoms with van der Waals surface area (Å²) in [5.74, 6) is 0.679. The fraction of sp³-hybridized carbons (Fsp3) is 0.520. The second kappa shape index (κ2) is 8.00. The van der Waals surface area contributed by atoms with Crippen molar-refractivity contribution in [1.29, 1.82) is 0 Å². The molecule has 0 spiro atoms. The molecule has 0 amide bonds. The Hall–Kier alpha value is -2.04. The maximum atomic E-state index is 11.1. The molecule has 1 saturated heterocycles. The lowest BCUT2D eigenvalue weighted by molar-refractivity contribution is 0.0235. The third-order valence-corrected chi connectivity index (χ3v) is 5.71. The summed E-state index contributed by atoms with van der Waals surface area (Å²) < 4.78 is 5.58. The first-order chi connectivity index (χ1) is 13.5. The Kier molecular flexibility index (Phi) is 5.98. The summed E-state index contributed by atoms with van der Waals surface area (Å²) in [5, 5.41) is 21.8. The van der Waals surface area contributed by atoms with Crippen LogP contribution in [0.1, 0.15) is 69.8 Å². The monoisotopic (exact) mass is 397 g/mol. The average molecular weight is 398 g/mol. The number of benzene rings is 2. The molecule has 0 bridgehead atoms. The molecule has 1 aliphatic heterocycles. The van der Waals surface area contributed by atoms with E-state index < -0.39 is 0 Å². The number of nitrogens with zero attached hydrogens (tertiary/aromatic N) is 1. The minimum atomic E-state index is -0.200. The van der Waals surface area contributed by atoms with E-state index >= 15 is 0 Å². The Bertz CT molecular complexity index is 820. The molecule has 0 aliphatic carbocycles. The minimum Gasteiger partial charge on any atom is -0.508 e. The van der Waals surface area contributed by atoms with Crippen molar-refractivity contribution in [3.05, 3.63) is 58.7 Å². The maximum Gasteiger partial charge on any atom is 0.123 e. The number of morpholine rings is 1. The highest BCUT2D eigenvalue weighted by Gasteiger charge is 2.32. The fourth-order valence-electron chi connectivity index (χ4n) is 4.10. The zero-order valence-electron chi connectivity index (χ0n) is 18.6. The molecule has 2 N–H and O–H groups in total. The molecule has 0 saturated carbocycles. The first-order valence-corrected chi connectivity index (χ1v) is 10.5. The van der Waals surface area contributed by atoms with Gasteiger partial charge in [0.2, 0.25) is 0 Å². The highest BCUT2D eigenvalue weighted by atomic mass is 16.5. The van der Waals surface area contributed by atoms with Crippen molar-refractivity contribution in [2.45, 2.75) is 58.4 Å². The van der Waals surface area contributed by atoms with Gasteiger partial charge in [0.15, 0.2) is 0 Å². The van der Waals surface area contributed by atoms with Crippen molar-refractivity contribution in [2.75, 3.05) is 26.3 Å². The molecule has 1 atom stereocenters. The van der Waals surface area contributed by atoms with Gasteiger partial charge in [-0.05, 0) is 45.7 Å². The van der Waals surface area contributed by atoms with Crippen molar-refractivity contribution >= 4 is 0 Å². The summed E-state index contributed by atoms with van der Waals surface area (Å²) in [6.45, 7) is 15.7. The SMILES string of the molecule is CC(C)(C)c1cc([C@H](c2ccccc2O)N2CCOCC2)cc(C(C)(C)C)c1O. The molecule has 0 radical (unpaired) electrons. The quantitative estimate of drug-likeness (QED) is 0.755. The van der Waals surface area contributed by atoms with Crippen LogP contribution in [-0.2, 0) is 15.6 Å². The van der Waals surface area contributed by atoms with Gasteiger partial charge in [0.1, 0.15) is 11.5 Å². The number of hydrogen-bond acceptors (Lipinski definition) is 4. The summed E-state index contributed by atoms with van der Waals surface area (Å²) in [6.07, 6.45) is 0. The van der Waals surface area contributed by atoms with E-state index in [0.717, 1.165) is 35.3 Å². The molecule has 4 nitrogen and oxygen atoms in total. The second-order valence-electron chi connectivity index (χ2n) is 10.1. The molecule has 158 valence electrons. The lowest BCUT2D eigenvalue weighted by Crippen LogP contribution is -2.39. The molecule has 0 aromatic heterocycles. The van der Waals surface area contributed by atoms with Crippen molar-refractivity contribution in [3.63, 3.8) is 0 Å². The van der Waals surface area contributed by atoms with E-state index in [4.69, 9.17) is 4.74 Å².